The molecule has 4 nitrogen and oxygen atoms in total. The lowest BCUT2D eigenvalue weighted by Crippen LogP contribution is -2.13. The molecule has 0 atom stereocenters. The van der Waals surface area contributed by atoms with Gasteiger partial charge in [-0.3, -0.25) is 4.79 Å². The number of aromatic nitrogens is 1. The molecule has 0 aliphatic heterocycles. The van der Waals surface area contributed by atoms with E-state index in [2.05, 4.69) is 21.9 Å². The van der Waals surface area contributed by atoms with Crippen molar-refractivity contribution in [2.24, 2.45) is 5.16 Å². The van der Waals surface area contributed by atoms with E-state index in [0.29, 0.717) is 30.7 Å². The second kappa shape index (κ2) is 12.7. The van der Waals surface area contributed by atoms with Gasteiger partial charge >= 0.3 is 0 Å². The summed E-state index contributed by atoms with van der Waals surface area (Å²) in [6.07, 6.45) is 6.57. The molecule has 0 unspecified atom stereocenters. The summed E-state index contributed by atoms with van der Waals surface area (Å²) in [5, 5.41) is 4.26. The summed E-state index contributed by atoms with van der Waals surface area (Å²) in [6, 6.07) is 25.7. The first kappa shape index (κ1) is 26.5. The third kappa shape index (κ3) is 6.69. The molecule has 39 heavy (non-hydrogen) atoms. The van der Waals surface area contributed by atoms with Gasteiger partial charge in [-0.25, -0.2) is 8.78 Å². The molecular formula is C33H32F2N2O2. The van der Waals surface area contributed by atoms with Gasteiger partial charge in [0.15, 0.2) is 17.4 Å². The Kier molecular flexibility index (Phi) is 8.61. The van der Waals surface area contributed by atoms with E-state index in [1.165, 1.54) is 12.1 Å². The lowest BCUT2D eigenvalue weighted by Gasteiger charge is -2.18. The van der Waals surface area contributed by atoms with Crippen molar-refractivity contribution in [3.8, 4) is 0 Å². The second-order valence-corrected chi connectivity index (χ2v) is 10.1. The lowest BCUT2D eigenvalue weighted by atomic mass is 9.95. The highest BCUT2D eigenvalue weighted by molar-refractivity contribution is 5.99. The molecule has 0 N–H and O–H groups in total. The van der Waals surface area contributed by atoms with Gasteiger partial charge in [-0.15, -0.1) is 0 Å². The summed E-state index contributed by atoms with van der Waals surface area (Å²) in [5.41, 5.74) is 5.29. The number of aryl methyl sites for hydroxylation is 1. The summed E-state index contributed by atoms with van der Waals surface area (Å²) in [4.78, 5) is 19.2. The number of nitrogens with zero attached hydrogens (tertiary/aromatic N) is 2. The average Bonchev–Trinajstić information content (AvgIpc) is 3.61. The van der Waals surface area contributed by atoms with Gasteiger partial charge in [0.25, 0.3) is 0 Å². The first-order chi connectivity index (χ1) is 19.1. The lowest BCUT2D eigenvalue weighted by molar-refractivity contribution is 0.0981. The molecule has 0 radical (unpaired) electrons. The fraction of sp³-hybridized carbons (Fsp3) is 0.273. The van der Waals surface area contributed by atoms with Crippen LogP contribution >= 0.6 is 0 Å². The summed E-state index contributed by atoms with van der Waals surface area (Å²) in [5.74, 6) is -1.50. The van der Waals surface area contributed by atoms with Crippen LogP contribution in [0.4, 0.5) is 8.78 Å². The number of rotatable bonds is 11. The SMILES string of the molecule is O=C(CCc1ccc(F)c(F)c1)c1cc(/C=N/OCc2ccccc2)n(Cc2ccccc2)c1C1CCCC1. The minimum absolute atomic E-state index is 0.00620. The number of halogens is 2. The maximum absolute atomic E-state index is 13.7. The number of ketones is 1. The molecule has 0 amide bonds. The fourth-order valence-corrected chi connectivity index (χ4v) is 5.36. The Labute approximate surface area is 227 Å². The molecule has 0 saturated heterocycles. The van der Waals surface area contributed by atoms with E-state index < -0.39 is 11.6 Å². The van der Waals surface area contributed by atoms with Crippen LogP contribution in [-0.2, 0) is 24.4 Å². The molecule has 6 heteroatoms. The summed E-state index contributed by atoms with van der Waals surface area (Å²) < 4.78 is 29.3. The summed E-state index contributed by atoms with van der Waals surface area (Å²) >= 11 is 0. The zero-order valence-electron chi connectivity index (χ0n) is 21.9. The molecule has 1 aliphatic carbocycles. The van der Waals surface area contributed by atoms with Crippen LogP contribution in [0.3, 0.4) is 0 Å². The molecule has 1 fully saturated rings. The van der Waals surface area contributed by atoms with Crippen LogP contribution < -0.4 is 0 Å². The monoisotopic (exact) mass is 526 g/mol. The zero-order chi connectivity index (χ0) is 27.0. The molecule has 200 valence electrons. The number of oxime groups is 1. The van der Waals surface area contributed by atoms with Gasteiger partial charge in [0.05, 0.1) is 11.9 Å². The average molecular weight is 527 g/mol. The highest BCUT2D eigenvalue weighted by Gasteiger charge is 2.28. The quantitative estimate of drug-likeness (QED) is 0.114. The standard InChI is InChI=1S/C33H32F2N2O2/c34-30-17-15-24(19-31(30)35)16-18-32(38)29-20-28(21-36-39-23-26-11-5-2-6-12-26)37(22-25-9-3-1-4-10-25)33(29)27-13-7-8-14-27/h1-6,9-12,15,17,19-21,27H,7-8,13-14,16,18,22-23H2/b36-21+. The molecule has 1 saturated carbocycles. The van der Waals surface area contributed by atoms with E-state index in [4.69, 9.17) is 4.84 Å². The van der Waals surface area contributed by atoms with Crippen LogP contribution in [0.2, 0.25) is 0 Å². The van der Waals surface area contributed by atoms with E-state index in [0.717, 1.165) is 54.3 Å². The molecule has 5 rings (SSSR count). The van der Waals surface area contributed by atoms with E-state index in [1.807, 2.05) is 54.6 Å². The van der Waals surface area contributed by atoms with Crippen LogP contribution in [-0.4, -0.2) is 16.6 Å². The normalized spacial score (nSPS) is 13.8. The minimum Gasteiger partial charge on any atom is -0.391 e. The third-order valence-electron chi connectivity index (χ3n) is 7.35. The van der Waals surface area contributed by atoms with Crippen molar-refractivity contribution in [1.29, 1.82) is 0 Å². The first-order valence-electron chi connectivity index (χ1n) is 13.5. The van der Waals surface area contributed by atoms with Crippen LogP contribution in [0.5, 0.6) is 0 Å². The van der Waals surface area contributed by atoms with Crippen molar-refractivity contribution in [3.63, 3.8) is 0 Å². The van der Waals surface area contributed by atoms with Crippen molar-refractivity contribution in [1.82, 2.24) is 4.57 Å². The van der Waals surface area contributed by atoms with Gasteiger partial charge in [-0.1, -0.05) is 84.7 Å². The van der Waals surface area contributed by atoms with Gasteiger partial charge in [0, 0.05) is 24.2 Å². The molecule has 3 aromatic carbocycles. The molecule has 1 aromatic heterocycles. The Balaban J connectivity index is 1.44. The smallest absolute Gasteiger partial charge is 0.165 e. The zero-order valence-corrected chi connectivity index (χ0v) is 21.9. The first-order valence-corrected chi connectivity index (χ1v) is 13.5. The van der Waals surface area contributed by atoms with Gasteiger partial charge in [0.1, 0.15) is 6.61 Å². The number of hydrogen-bond acceptors (Lipinski definition) is 3. The molecule has 0 bridgehead atoms. The Morgan fingerprint density at radius 2 is 1.56 bits per heavy atom. The Bertz CT molecular complexity index is 1430. The van der Waals surface area contributed by atoms with Gasteiger partial charge in [-0.05, 0) is 60.1 Å². The largest absolute Gasteiger partial charge is 0.391 e. The Morgan fingerprint density at radius 3 is 2.26 bits per heavy atom. The Morgan fingerprint density at radius 1 is 0.872 bits per heavy atom. The summed E-state index contributed by atoms with van der Waals surface area (Å²) in [6.45, 7) is 0.968. The second-order valence-electron chi connectivity index (χ2n) is 10.1. The predicted octanol–water partition coefficient (Wildman–Crippen LogP) is 7.84. The van der Waals surface area contributed by atoms with Crippen molar-refractivity contribution in [3.05, 3.63) is 130 Å². The highest BCUT2D eigenvalue weighted by atomic mass is 19.2. The van der Waals surface area contributed by atoms with Crippen molar-refractivity contribution >= 4 is 12.0 Å². The van der Waals surface area contributed by atoms with Crippen LogP contribution in [0.25, 0.3) is 0 Å². The van der Waals surface area contributed by atoms with Crippen LogP contribution in [0, 0.1) is 11.6 Å². The Hall–Kier alpha value is -4.06. The number of hydrogen-bond donors (Lipinski definition) is 0. The number of Topliss-reactive ketones (excluding diaryl/α,β-unsaturated/α-hetero) is 1. The van der Waals surface area contributed by atoms with Crippen molar-refractivity contribution in [2.45, 2.75) is 57.6 Å². The molecule has 0 spiro atoms. The summed E-state index contributed by atoms with van der Waals surface area (Å²) in [7, 11) is 0. The van der Waals surface area contributed by atoms with E-state index in [9.17, 15) is 13.6 Å². The minimum atomic E-state index is -0.894. The molecule has 4 aromatic rings. The van der Waals surface area contributed by atoms with Gasteiger partial charge < -0.3 is 9.40 Å². The third-order valence-corrected chi connectivity index (χ3v) is 7.35. The predicted molar refractivity (Wildman–Crippen MR) is 149 cm³/mol. The van der Waals surface area contributed by atoms with Crippen molar-refractivity contribution in [2.75, 3.05) is 0 Å². The number of carbonyl (C=O) groups is 1. The topological polar surface area (TPSA) is 43.6 Å². The fourth-order valence-electron chi connectivity index (χ4n) is 5.36. The van der Waals surface area contributed by atoms with E-state index >= 15 is 0 Å². The van der Waals surface area contributed by atoms with Crippen molar-refractivity contribution < 1.29 is 18.4 Å². The van der Waals surface area contributed by atoms with Gasteiger partial charge in [-0.2, -0.15) is 0 Å². The maximum atomic E-state index is 13.7. The number of carbonyl (C=O) groups excluding carboxylic acids is 1. The maximum Gasteiger partial charge on any atom is 0.165 e. The van der Waals surface area contributed by atoms with Crippen LogP contribution in [0.1, 0.15) is 76.5 Å². The highest BCUT2D eigenvalue weighted by Crippen LogP contribution is 2.38. The molecule has 1 aliphatic rings. The molecule has 1 heterocycles. The van der Waals surface area contributed by atoms with Crippen LogP contribution in [0.15, 0.2) is 90.1 Å². The number of benzene rings is 3. The van der Waals surface area contributed by atoms with E-state index in [-0.39, 0.29) is 18.1 Å². The van der Waals surface area contributed by atoms with Gasteiger partial charge in [0.2, 0.25) is 0 Å². The van der Waals surface area contributed by atoms with E-state index in [1.54, 1.807) is 6.21 Å². The molecular weight excluding hydrogens is 494 g/mol.